The molecule has 3 N–H and O–H groups in total. The van der Waals surface area contributed by atoms with Crippen LogP contribution in [0.25, 0.3) is 0 Å². The summed E-state index contributed by atoms with van der Waals surface area (Å²) >= 11 is 0. The van der Waals surface area contributed by atoms with E-state index < -0.39 is 17.5 Å². The number of rotatable bonds is 8. The van der Waals surface area contributed by atoms with Gasteiger partial charge in [-0.1, -0.05) is 0 Å². The Morgan fingerprint density at radius 2 is 1.53 bits per heavy atom. The predicted octanol–water partition coefficient (Wildman–Crippen LogP) is 1.24. The molecule has 0 aromatic heterocycles. The molecule has 0 atom stereocenters. The average molecular weight is 452 g/mol. The highest BCUT2D eigenvalue weighted by molar-refractivity contribution is 6.27. The molecule has 32 heavy (non-hydrogen) atoms. The van der Waals surface area contributed by atoms with Crippen molar-refractivity contribution in [1.29, 1.82) is 0 Å². The molecule has 0 bridgehead atoms. The molecule has 1 fully saturated rings. The van der Waals surface area contributed by atoms with Crippen LogP contribution in [0.1, 0.15) is 33.6 Å². The molecule has 1 aromatic carbocycles. The summed E-state index contributed by atoms with van der Waals surface area (Å²) in [5.74, 6) is -2.69. The third kappa shape index (κ3) is 10.3. The maximum absolute atomic E-state index is 12.2. The molecule has 0 unspecified atom stereocenters. The molecule has 2 rings (SSSR count). The van der Waals surface area contributed by atoms with Crippen molar-refractivity contribution in [1.82, 2.24) is 10.2 Å². The molecule has 1 amide bonds. The van der Waals surface area contributed by atoms with Crippen LogP contribution < -0.4 is 15.0 Å². The number of carboxylic acids is 2. The zero-order chi connectivity index (χ0) is 24.3. The number of nitrogens with zero attached hydrogens (tertiary/aromatic N) is 2. The summed E-state index contributed by atoms with van der Waals surface area (Å²) in [6.45, 7) is 9.86. The second-order valence-electron chi connectivity index (χ2n) is 8.20. The molecule has 10 nitrogen and oxygen atoms in total. The molecule has 0 radical (unpaired) electrons. The van der Waals surface area contributed by atoms with Crippen LogP contribution in [0.5, 0.6) is 5.75 Å². The van der Waals surface area contributed by atoms with E-state index in [-0.39, 0.29) is 11.7 Å². The summed E-state index contributed by atoms with van der Waals surface area (Å²) in [6, 6.07) is 8.13. The number of methoxy groups -OCH3 is 1. The first kappa shape index (κ1) is 26.9. The van der Waals surface area contributed by atoms with Gasteiger partial charge in [-0.25, -0.2) is 9.59 Å². The number of hydrogen-bond donors (Lipinski definition) is 3. The van der Waals surface area contributed by atoms with Gasteiger partial charge in [-0.05, 0) is 45.0 Å². The van der Waals surface area contributed by atoms with Gasteiger partial charge < -0.3 is 25.2 Å². The Labute approximate surface area is 188 Å². The summed E-state index contributed by atoms with van der Waals surface area (Å²) in [5, 5.41) is 17.7. The predicted molar refractivity (Wildman–Crippen MR) is 119 cm³/mol. The van der Waals surface area contributed by atoms with E-state index in [4.69, 9.17) is 24.5 Å². The molecule has 1 aromatic rings. The number of Topliss-reactive ketones (excluding diaryl/α,β-unsaturated/α-hetero) is 1. The van der Waals surface area contributed by atoms with Crippen LogP contribution in [0.3, 0.4) is 0 Å². The number of amides is 1. The number of carbonyl (C=O) groups excluding carboxylic acids is 2. The Balaban J connectivity index is 0.000000751. The van der Waals surface area contributed by atoms with Gasteiger partial charge in [0.1, 0.15) is 11.5 Å². The molecular weight excluding hydrogens is 418 g/mol. The average Bonchev–Trinajstić information content (AvgIpc) is 2.72. The van der Waals surface area contributed by atoms with E-state index >= 15 is 0 Å². The van der Waals surface area contributed by atoms with Crippen molar-refractivity contribution >= 4 is 29.3 Å². The topological polar surface area (TPSA) is 136 Å². The first-order valence-corrected chi connectivity index (χ1v) is 10.3. The highest BCUT2D eigenvalue weighted by atomic mass is 16.5. The largest absolute Gasteiger partial charge is 0.497 e. The first-order chi connectivity index (χ1) is 14.9. The van der Waals surface area contributed by atoms with Crippen LogP contribution in [0.2, 0.25) is 0 Å². The van der Waals surface area contributed by atoms with Crippen LogP contribution in [0.4, 0.5) is 5.69 Å². The van der Waals surface area contributed by atoms with Gasteiger partial charge >= 0.3 is 11.9 Å². The summed E-state index contributed by atoms with van der Waals surface area (Å²) in [4.78, 5) is 46.3. The Kier molecular flexibility index (Phi) is 10.6. The molecule has 1 aliphatic rings. The molecule has 1 aliphatic heterocycles. The lowest BCUT2D eigenvalue weighted by atomic mass is 9.98. The lowest BCUT2D eigenvalue weighted by Crippen LogP contribution is -2.49. The standard InChI is InChI=1S/C20H31N3O3.C2H2O4/c1-16(24)15-20(2,3)21-19(25)9-10-22-11-13-23(14-12-22)17-5-7-18(26-4)8-6-17;3-1(4)2(5)6/h5-8H,9-15H2,1-4H3,(H,21,25);(H,3,4)(H,5,6). The third-order valence-corrected chi connectivity index (χ3v) is 4.82. The molecule has 0 spiro atoms. The number of ether oxygens (including phenoxy) is 1. The number of ketones is 1. The Morgan fingerprint density at radius 3 is 1.97 bits per heavy atom. The van der Waals surface area contributed by atoms with Crippen LogP contribution in [-0.4, -0.2) is 84.1 Å². The molecule has 0 aliphatic carbocycles. The second kappa shape index (κ2) is 12.7. The minimum absolute atomic E-state index is 0.00818. The second-order valence-corrected chi connectivity index (χ2v) is 8.20. The number of hydrogen-bond acceptors (Lipinski definition) is 7. The van der Waals surface area contributed by atoms with Gasteiger partial charge in [0, 0.05) is 56.8 Å². The molecule has 10 heteroatoms. The summed E-state index contributed by atoms with van der Waals surface area (Å²) in [6.07, 6.45) is 0.823. The number of carbonyl (C=O) groups is 4. The SMILES string of the molecule is COc1ccc(N2CCN(CCC(=O)NC(C)(C)CC(C)=O)CC2)cc1.O=C(O)C(=O)O. The van der Waals surface area contributed by atoms with Gasteiger partial charge in [-0.3, -0.25) is 14.5 Å². The van der Waals surface area contributed by atoms with Gasteiger partial charge in [0.05, 0.1) is 7.11 Å². The fourth-order valence-electron chi connectivity index (χ4n) is 3.39. The fourth-order valence-corrected chi connectivity index (χ4v) is 3.39. The molecule has 1 heterocycles. The van der Waals surface area contributed by atoms with Gasteiger partial charge in [-0.2, -0.15) is 0 Å². The summed E-state index contributed by atoms with van der Waals surface area (Å²) in [5.41, 5.74) is 0.727. The number of carboxylic acid groups (broad SMARTS) is 2. The van der Waals surface area contributed by atoms with Gasteiger partial charge in [-0.15, -0.1) is 0 Å². The lowest BCUT2D eigenvalue weighted by Gasteiger charge is -2.36. The fraction of sp³-hybridized carbons (Fsp3) is 0.545. The zero-order valence-corrected chi connectivity index (χ0v) is 19.1. The van der Waals surface area contributed by atoms with E-state index in [2.05, 4.69) is 27.2 Å². The Bertz CT molecular complexity index is 773. The zero-order valence-electron chi connectivity index (χ0n) is 19.1. The Hall–Kier alpha value is -3.14. The van der Waals surface area contributed by atoms with E-state index in [0.29, 0.717) is 12.8 Å². The van der Waals surface area contributed by atoms with Crippen LogP contribution in [0, 0.1) is 0 Å². The van der Waals surface area contributed by atoms with Crippen LogP contribution in [0.15, 0.2) is 24.3 Å². The molecule has 0 saturated carbocycles. The maximum atomic E-state index is 12.2. The van der Waals surface area contributed by atoms with Crippen molar-refractivity contribution in [2.24, 2.45) is 0 Å². The van der Waals surface area contributed by atoms with Crippen molar-refractivity contribution in [3.8, 4) is 5.75 Å². The van der Waals surface area contributed by atoms with Crippen molar-refractivity contribution < 1.29 is 34.1 Å². The minimum atomic E-state index is -1.82. The lowest BCUT2D eigenvalue weighted by molar-refractivity contribution is -0.159. The smallest absolute Gasteiger partial charge is 0.414 e. The number of piperazine rings is 1. The van der Waals surface area contributed by atoms with Crippen molar-refractivity contribution in [3.05, 3.63) is 24.3 Å². The molecule has 178 valence electrons. The van der Waals surface area contributed by atoms with Crippen LogP contribution in [-0.2, 0) is 19.2 Å². The number of benzene rings is 1. The van der Waals surface area contributed by atoms with Gasteiger partial charge in [0.2, 0.25) is 5.91 Å². The monoisotopic (exact) mass is 451 g/mol. The number of anilines is 1. The van der Waals surface area contributed by atoms with Crippen molar-refractivity contribution in [3.63, 3.8) is 0 Å². The Morgan fingerprint density at radius 1 is 1.00 bits per heavy atom. The van der Waals surface area contributed by atoms with E-state index in [0.717, 1.165) is 38.5 Å². The number of nitrogens with one attached hydrogen (secondary N) is 1. The van der Waals surface area contributed by atoms with Gasteiger partial charge in [0.25, 0.3) is 0 Å². The van der Waals surface area contributed by atoms with Gasteiger partial charge in [0.15, 0.2) is 0 Å². The first-order valence-electron chi connectivity index (χ1n) is 10.3. The van der Waals surface area contributed by atoms with E-state index in [1.807, 2.05) is 26.0 Å². The van der Waals surface area contributed by atoms with Crippen LogP contribution >= 0.6 is 0 Å². The summed E-state index contributed by atoms with van der Waals surface area (Å²) < 4.78 is 5.20. The molecular formula is C22H33N3O7. The van der Waals surface area contributed by atoms with Crippen molar-refractivity contribution in [2.45, 2.75) is 39.2 Å². The maximum Gasteiger partial charge on any atom is 0.414 e. The minimum Gasteiger partial charge on any atom is -0.497 e. The highest BCUT2D eigenvalue weighted by Gasteiger charge is 2.23. The van der Waals surface area contributed by atoms with E-state index in [1.165, 1.54) is 5.69 Å². The number of aliphatic carboxylic acids is 2. The normalized spacial score (nSPS) is 14.1. The van der Waals surface area contributed by atoms with E-state index in [1.54, 1.807) is 14.0 Å². The molecule has 1 saturated heterocycles. The quantitative estimate of drug-likeness (QED) is 0.499. The summed E-state index contributed by atoms with van der Waals surface area (Å²) in [7, 11) is 1.67. The highest BCUT2D eigenvalue weighted by Crippen LogP contribution is 2.20. The van der Waals surface area contributed by atoms with Crippen molar-refractivity contribution in [2.75, 3.05) is 44.7 Å². The van der Waals surface area contributed by atoms with E-state index in [9.17, 15) is 9.59 Å². The third-order valence-electron chi connectivity index (χ3n) is 4.82.